The maximum atomic E-state index is 12.1. The molecule has 1 aromatic heterocycles. The molecule has 2 aromatic rings. The highest BCUT2D eigenvalue weighted by Gasteiger charge is 2.28. The number of amides is 1. The first-order valence-electron chi connectivity index (χ1n) is 6.77. The summed E-state index contributed by atoms with van der Waals surface area (Å²) in [6.45, 7) is 0.438. The molecule has 1 amide bonds. The van der Waals surface area contributed by atoms with Gasteiger partial charge in [0.1, 0.15) is 0 Å². The summed E-state index contributed by atoms with van der Waals surface area (Å²) in [5.74, 6) is -0.159. The maximum absolute atomic E-state index is 12.1. The molecule has 1 N–H and O–H groups in total. The van der Waals surface area contributed by atoms with Crippen LogP contribution in [0, 0.1) is 0 Å². The van der Waals surface area contributed by atoms with Crippen LogP contribution in [0.3, 0.4) is 0 Å². The van der Waals surface area contributed by atoms with Crippen molar-refractivity contribution >= 4 is 11.6 Å². The molecule has 0 saturated heterocycles. The van der Waals surface area contributed by atoms with Crippen molar-refractivity contribution in [3.8, 4) is 0 Å². The van der Waals surface area contributed by atoms with Crippen molar-refractivity contribution in [3.63, 3.8) is 0 Å². The van der Waals surface area contributed by atoms with Crippen LogP contribution in [0.1, 0.15) is 17.5 Å². The summed E-state index contributed by atoms with van der Waals surface area (Å²) in [6.07, 6.45) is 3.35. The van der Waals surface area contributed by atoms with Gasteiger partial charge in [-0.1, -0.05) is 41.6 Å². The van der Waals surface area contributed by atoms with Crippen LogP contribution in [0.2, 0.25) is 0 Å². The van der Waals surface area contributed by atoms with Crippen molar-refractivity contribution in [1.82, 2.24) is 10.3 Å². The number of nitrogens with zero attached hydrogens (tertiary/aromatic N) is 2. The number of hydrogen-bond donors (Lipinski definition) is 1. The molecular formula is C16H15N3O2. The number of hydrogen-bond acceptors (Lipinski definition) is 4. The normalized spacial score (nSPS) is 17.0. The molecule has 0 radical (unpaired) electrons. The minimum Gasteiger partial charge on any atom is -0.382 e. The number of carbonyl (C=O) groups excluding carboxylic acids is 1. The third kappa shape index (κ3) is 3.25. The largest absolute Gasteiger partial charge is 0.382 e. The highest BCUT2D eigenvalue weighted by molar-refractivity contribution is 6.04. The van der Waals surface area contributed by atoms with E-state index in [9.17, 15) is 4.79 Å². The Morgan fingerprint density at radius 2 is 2.10 bits per heavy atom. The van der Waals surface area contributed by atoms with Crippen LogP contribution in [0.15, 0.2) is 60.0 Å². The van der Waals surface area contributed by atoms with Crippen molar-refractivity contribution in [2.75, 3.05) is 0 Å². The molecule has 0 spiro atoms. The predicted octanol–water partition coefficient (Wildman–Crippen LogP) is 1.89. The summed E-state index contributed by atoms with van der Waals surface area (Å²) >= 11 is 0. The molecule has 106 valence electrons. The van der Waals surface area contributed by atoms with Gasteiger partial charge in [-0.05, 0) is 17.2 Å². The summed E-state index contributed by atoms with van der Waals surface area (Å²) < 4.78 is 0. The van der Waals surface area contributed by atoms with Crippen LogP contribution < -0.4 is 5.32 Å². The SMILES string of the molecule is O=C(NCc1cccnc1)[C@H]1CC(c2ccccc2)=NO1. The summed E-state index contributed by atoms with van der Waals surface area (Å²) in [7, 11) is 0. The molecule has 0 saturated carbocycles. The molecule has 1 aliphatic heterocycles. The highest BCUT2D eigenvalue weighted by atomic mass is 16.6. The van der Waals surface area contributed by atoms with Gasteiger partial charge in [0.15, 0.2) is 0 Å². The van der Waals surface area contributed by atoms with E-state index in [-0.39, 0.29) is 5.91 Å². The monoisotopic (exact) mass is 281 g/mol. The smallest absolute Gasteiger partial charge is 0.264 e. The zero-order valence-corrected chi connectivity index (χ0v) is 11.4. The second-order valence-electron chi connectivity index (χ2n) is 4.78. The number of nitrogens with one attached hydrogen (secondary N) is 1. The average Bonchev–Trinajstić information content (AvgIpc) is 3.04. The van der Waals surface area contributed by atoms with Crippen molar-refractivity contribution in [3.05, 3.63) is 66.0 Å². The van der Waals surface area contributed by atoms with Crippen molar-refractivity contribution in [2.45, 2.75) is 19.1 Å². The summed E-state index contributed by atoms with van der Waals surface area (Å²) in [5, 5.41) is 6.84. The fourth-order valence-corrected chi connectivity index (χ4v) is 2.12. The van der Waals surface area contributed by atoms with Crippen molar-refractivity contribution < 1.29 is 9.63 Å². The van der Waals surface area contributed by atoms with Crippen molar-refractivity contribution in [1.29, 1.82) is 0 Å². The first-order valence-corrected chi connectivity index (χ1v) is 6.77. The molecule has 1 atom stereocenters. The lowest BCUT2D eigenvalue weighted by atomic mass is 10.0. The number of carbonyl (C=O) groups is 1. The Balaban J connectivity index is 1.54. The molecule has 3 rings (SSSR count). The Bertz CT molecular complexity index is 641. The number of benzene rings is 1. The van der Waals surface area contributed by atoms with Crippen LogP contribution in [0.4, 0.5) is 0 Å². The zero-order valence-electron chi connectivity index (χ0n) is 11.4. The van der Waals surface area contributed by atoms with Crippen molar-refractivity contribution in [2.24, 2.45) is 5.16 Å². The van der Waals surface area contributed by atoms with Gasteiger partial charge in [-0.15, -0.1) is 0 Å². The zero-order chi connectivity index (χ0) is 14.5. The van der Waals surface area contributed by atoms with Crippen LogP contribution >= 0.6 is 0 Å². The number of rotatable bonds is 4. The van der Waals surface area contributed by atoms with Gasteiger partial charge in [-0.2, -0.15) is 0 Å². The van der Waals surface area contributed by atoms with E-state index >= 15 is 0 Å². The third-order valence-corrected chi connectivity index (χ3v) is 3.26. The van der Waals surface area contributed by atoms with Gasteiger partial charge in [0.05, 0.1) is 5.71 Å². The Labute approximate surface area is 122 Å². The average molecular weight is 281 g/mol. The molecule has 21 heavy (non-hydrogen) atoms. The van der Waals surface area contributed by atoms with E-state index in [1.165, 1.54) is 0 Å². The van der Waals surface area contributed by atoms with E-state index in [2.05, 4.69) is 15.5 Å². The lowest BCUT2D eigenvalue weighted by Gasteiger charge is -2.09. The Hall–Kier alpha value is -2.69. The number of pyridine rings is 1. The first-order chi connectivity index (χ1) is 10.3. The fraction of sp³-hybridized carbons (Fsp3) is 0.188. The van der Waals surface area contributed by atoms with Crippen LogP contribution in [-0.2, 0) is 16.2 Å². The van der Waals surface area contributed by atoms with Crippen LogP contribution in [-0.4, -0.2) is 22.7 Å². The van der Waals surface area contributed by atoms with E-state index in [0.717, 1.165) is 16.8 Å². The molecule has 5 nitrogen and oxygen atoms in total. The van der Waals surface area contributed by atoms with E-state index < -0.39 is 6.10 Å². The molecule has 0 unspecified atom stereocenters. The second kappa shape index (κ2) is 6.17. The van der Waals surface area contributed by atoms with Gasteiger partial charge in [-0.25, -0.2) is 0 Å². The molecule has 2 heterocycles. The Kier molecular flexibility index (Phi) is 3.91. The molecule has 0 bridgehead atoms. The van der Waals surface area contributed by atoms with Crippen LogP contribution in [0.5, 0.6) is 0 Å². The standard InChI is InChI=1S/C16H15N3O2/c20-16(18-11-12-5-4-8-17-10-12)15-9-14(19-21-15)13-6-2-1-3-7-13/h1-8,10,15H,9,11H2,(H,18,20)/t15-/m1/s1. The summed E-state index contributed by atoms with van der Waals surface area (Å²) in [6, 6.07) is 13.5. The highest BCUT2D eigenvalue weighted by Crippen LogP contribution is 2.16. The van der Waals surface area contributed by atoms with Crippen LogP contribution in [0.25, 0.3) is 0 Å². The number of aromatic nitrogens is 1. The topological polar surface area (TPSA) is 63.6 Å². The van der Waals surface area contributed by atoms with E-state index in [1.807, 2.05) is 42.5 Å². The molecule has 1 aromatic carbocycles. The fourth-order valence-electron chi connectivity index (χ4n) is 2.12. The van der Waals surface area contributed by atoms with Gasteiger partial charge in [0.2, 0.25) is 6.10 Å². The second-order valence-corrected chi connectivity index (χ2v) is 4.78. The minimum absolute atomic E-state index is 0.159. The summed E-state index contributed by atoms with van der Waals surface area (Å²) in [4.78, 5) is 21.3. The van der Waals surface area contributed by atoms with E-state index in [4.69, 9.17) is 4.84 Å². The maximum Gasteiger partial charge on any atom is 0.264 e. The first kappa shape index (κ1) is 13.3. The number of oxime groups is 1. The van der Waals surface area contributed by atoms with Gasteiger partial charge < -0.3 is 10.2 Å². The lowest BCUT2D eigenvalue weighted by Crippen LogP contribution is -2.34. The predicted molar refractivity (Wildman–Crippen MR) is 78.6 cm³/mol. The molecule has 0 aliphatic carbocycles. The van der Waals surface area contributed by atoms with Gasteiger partial charge in [-0.3, -0.25) is 9.78 Å². The van der Waals surface area contributed by atoms with E-state index in [1.54, 1.807) is 12.4 Å². The minimum atomic E-state index is -0.558. The molecule has 1 aliphatic rings. The van der Waals surface area contributed by atoms with Gasteiger partial charge in [0.25, 0.3) is 5.91 Å². The Morgan fingerprint density at radius 1 is 1.24 bits per heavy atom. The third-order valence-electron chi connectivity index (χ3n) is 3.26. The van der Waals surface area contributed by atoms with Gasteiger partial charge in [0, 0.05) is 25.4 Å². The molecular weight excluding hydrogens is 266 g/mol. The van der Waals surface area contributed by atoms with Gasteiger partial charge >= 0.3 is 0 Å². The lowest BCUT2D eigenvalue weighted by molar-refractivity contribution is -0.131. The van der Waals surface area contributed by atoms with E-state index in [0.29, 0.717) is 13.0 Å². The summed E-state index contributed by atoms with van der Waals surface area (Å²) in [5.41, 5.74) is 2.74. The molecule has 0 fully saturated rings. The Morgan fingerprint density at radius 3 is 2.86 bits per heavy atom. The molecule has 5 heteroatoms. The quantitative estimate of drug-likeness (QED) is 0.930.